The standard InChI is InChI=1S/C11H17N3O/c1-7(2)9-13-10(12-3)8-5-4-6-15-11(8)14-9/h7H,4-6H2,1-3H3,(H,12,13,14). The van der Waals surface area contributed by atoms with Crippen LogP contribution >= 0.6 is 0 Å². The number of ether oxygens (including phenoxy) is 1. The van der Waals surface area contributed by atoms with E-state index in [9.17, 15) is 0 Å². The number of anilines is 1. The first-order chi connectivity index (χ1) is 7.22. The van der Waals surface area contributed by atoms with Crippen LogP contribution in [0.3, 0.4) is 0 Å². The van der Waals surface area contributed by atoms with Gasteiger partial charge in [-0.25, -0.2) is 4.98 Å². The van der Waals surface area contributed by atoms with Gasteiger partial charge in [0.25, 0.3) is 0 Å². The number of nitrogens with one attached hydrogen (secondary N) is 1. The largest absolute Gasteiger partial charge is 0.477 e. The summed E-state index contributed by atoms with van der Waals surface area (Å²) in [6.45, 7) is 4.94. The second-order valence-corrected chi connectivity index (χ2v) is 4.07. The van der Waals surface area contributed by atoms with Crippen LogP contribution in [-0.2, 0) is 6.42 Å². The van der Waals surface area contributed by atoms with Crippen LogP contribution in [0.5, 0.6) is 5.88 Å². The summed E-state index contributed by atoms with van der Waals surface area (Å²) in [5, 5.41) is 3.12. The summed E-state index contributed by atoms with van der Waals surface area (Å²) in [4.78, 5) is 8.95. The van der Waals surface area contributed by atoms with E-state index in [1.54, 1.807) is 0 Å². The predicted octanol–water partition coefficient (Wildman–Crippen LogP) is 1.97. The topological polar surface area (TPSA) is 47.0 Å². The maximum Gasteiger partial charge on any atom is 0.222 e. The fraction of sp³-hybridized carbons (Fsp3) is 0.636. The SMILES string of the molecule is CNc1nc(C(C)C)nc2c1CCCO2. The van der Waals surface area contributed by atoms with Crippen molar-refractivity contribution < 1.29 is 4.74 Å². The van der Waals surface area contributed by atoms with Gasteiger partial charge in [0.15, 0.2) is 0 Å². The average molecular weight is 207 g/mol. The smallest absolute Gasteiger partial charge is 0.222 e. The van der Waals surface area contributed by atoms with Crippen molar-refractivity contribution in [2.24, 2.45) is 0 Å². The van der Waals surface area contributed by atoms with Crippen molar-refractivity contribution in [2.45, 2.75) is 32.6 Å². The molecule has 0 spiro atoms. The molecule has 2 rings (SSSR count). The van der Waals surface area contributed by atoms with Gasteiger partial charge in [-0.3, -0.25) is 0 Å². The lowest BCUT2D eigenvalue weighted by atomic mass is 10.1. The Kier molecular flexibility index (Phi) is 2.75. The van der Waals surface area contributed by atoms with E-state index in [1.807, 2.05) is 7.05 Å². The highest BCUT2D eigenvalue weighted by Crippen LogP contribution is 2.29. The Labute approximate surface area is 90.1 Å². The fourth-order valence-corrected chi connectivity index (χ4v) is 1.71. The molecule has 1 aliphatic rings. The van der Waals surface area contributed by atoms with Crippen LogP contribution in [0.25, 0.3) is 0 Å². The van der Waals surface area contributed by atoms with Gasteiger partial charge in [-0.05, 0) is 12.8 Å². The highest BCUT2D eigenvalue weighted by Gasteiger charge is 2.19. The molecule has 0 atom stereocenters. The minimum atomic E-state index is 0.327. The zero-order valence-electron chi connectivity index (χ0n) is 9.50. The van der Waals surface area contributed by atoms with Gasteiger partial charge in [-0.15, -0.1) is 0 Å². The number of aromatic nitrogens is 2. The van der Waals surface area contributed by atoms with Crippen LogP contribution in [0.15, 0.2) is 0 Å². The molecule has 1 aromatic heterocycles. The molecule has 15 heavy (non-hydrogen) atoms. The quantitative estimate of drug-likeness (QED) is 0.805. The van der Waals surface area contributed by atoms with Gasteiger partial charge < -0.3 is 10.1 Å². The van der Waals surface area contributed by atoms with Crippen molar-refractivity contribution in [1.29, 1.82) is 0 Å². The maximum absolute atomic E-state index is 5.57. The summed E-state index contributed by atoms with van der Waals surface area (Å²) >= 11 is 0. The molecule has 4 nitrogen and oxygen atoms in total. The zero-order valence-corrected chi connectivity index (χ0v) is 9.50. The molecule has 1 aliphatic heterocycles. The van der Waals surface area contributed by atoms with Gasteiger partial charge in [-0.1, -0.05) is 13.8 Å². The summed E-state index contributed by atoms with van der Waals surface area (Å²) in [6, 6.07) is 0. The number of nitrogens with zero attached hydrogens (tertiary/aromatic N) is 2. The van der Waals surface area contributed by atoms with Crippen molar-refractivity contribution in [3.05, 3.63) is 11.4 Å². The molecular formula is C11H17N3O. The summed E-state index contributed by atoms with van der Waals surface area (Å²) in [6.07, 6.45) is 2.05. The minimum absolute atomic E-state index is 0.327. The molecule has 1 aromatic rings. The van der Waals surface area contributed by atoms with E-state index in [1.165, 1.54) is 0 Å². The molecule has 0 unspecified atom stereocenters. The third-order valence-corrected chi connectivity index (χ3v) is 2.55. The van der Waals surface area contributed by atoms with Crippen molar-refractivity contribution >= 4 is 5.82 Å². The summed E-state index contributed by atoms with van der Waals surface area (Å²) in [7, 11) is 1.89. The summed E-state index contributed by atoms with van der Waals surface area (Å²) in [5.74, 6) is 2.86. The molecule has 0 radical (unpaired) electrons. The predicted molar refractivity (Wildman–Crippen MR) is 59.5 cm³/mol. The van der Waals surface area contributed by atoms with Crippen LogP contribution < -0.4 is 10.1 Å². The highest BCUT2D eigenvalue weighted by molar-refractivity contribution is 5.50. The molecule has 0 saturated heterocycles. The van der Waals surface area contributed by atoms with E-state index < -0.39 is 0 Å². The number of hydrogen-bond acceptors (Lipinski definition) is 4. The molecule has 4 heteroatoms. The molecule has 1 N–H and O–H groups in total. The van der Waals surface area contributed by atoms with Gasteiger partial charge in [0.1, 0.15) is 11.6 Å². The number of fused-ring (bicyclic) bond motifs is 1. The zero-order chi connectivity index (χ0) is 10.8. The Bertz CT molecular complexity index is 346. The van der Waals surface area contributed by atoms with E-state index in [-0.39, 0.29) is 0 Å². The van der Waals surface area contributed by atoms with Gasteiger partial charge in [0.2, 0.25) is 5.88 Å². The van der Waals surface area contributed by atoms with E-state index in [4.69, 9.17) is 4.74 Å². The molecule has 0 fully saturated rings. The second-order valence-electron chi connectivity index (χ2n) is 4.07. The van der Waals surface area contributed by atoms with E-state index >= 15 is 0 Å². The Morgan fingerprint density at radius 1 is 1.33 bits per heavy atom. The van der Waals surface area contributed by atoms with Crippen LogP contribution in [0.2, 0.25) is 0 Å². The first-order valence-corrected chi connectivity index (χ1v) is 5.43. The second kappa shape index (κ2) is 4.04. The monoisotopic (exact) mass is 207 g/mol. The lowest BCUT2D eigenvalue weighted by molar-refractivity contribution is 0.274. The molecule has 82 valence electrons. The summed E-state index contributed by atoms with van der Waals surface area (Å²) in [5.41, 5.74) is 1.12. The molecule has 0 bridgehead atoms. The number of rotatable bonds is 2. The first kappa shape index (κ1) is 10.2. The lowest BCUT2D eigenvalue weighted by Gasteiger charge is -2.20. The average Bonchev–Trinajstić information content (AvgIpc) is 2.27. The maximum atomic E-state index is 5.57. The first-order valence-electron chi connectivity index (χ1n) is 5.43. The Hall–Kier alpha value is -1.32. The molecule has 0 aromatic carbocycles. The van der Waals surface area contributed by atoms with Crippen LogP contribution in [0, 0.1) is 0 Å². The van der Waals surface area contributed by atoms with Gasteiger partial charge in [0, 0.05) is 13.0 Å². The van der Waals surface area contributed by atoms with Crippen molar-refractivity contribution in [3.8, 4) is 5.88 Å². The molecule has 2 heterocycles. The van der Waals surface area contributed by atoms with E-state index in [0.29, 0.717) is 5.92 Å². The van der Waals surface area contributed by atoms with E-state index in [0.717, 1.165) is 42.5 Å². The van der Waals surface area contributed by atoms with Gasteiger partial charge >= 0.3 is 0 Å². The van der Waals surface area contributed by atoms with Crippen molar-refractivity contribution in [1.82, 2.24) is 9.97 Å². The molecule has 0 amide bonds. The molecule has 0 aliphatic carbocycles. The minimum Gasteiger partial charge on any atom is -0.477 e. The normalized spacial score (nSPS) is 14.7. The highest BCUT2D eigenvalue weighted by atomic mass is 16.5. The Morgan fingerprint density at radius 3 is 2.80 bits per heavy atom. The van der Waals surface area contributed by atoms with Crippen LogP contribution in [0.1, 0.15) is 37.6 Å². The Balaban J connectivity index is 2.48. The Morgan fingerprint density at radius 2 is 2.13 bits per heavy atom. The van der Waals surface area contributed by atoms with E-state index in [2.05, 4.69) is 29.1 Å². The summed E-state index contributed by atoms with van der Waals surface area (Å²) < 4.78 is 5.57. The third kappa shape index (κ3) is 1.89. The molecular weight excluding hydrogens is 190 g/mol. The number of hydrogen-bond donors (Lipinski definition) is 1. The molecule has 0 saturated carbocycles. The fourth-order valence-electron chi connectivity index (χ4n) is 1.71. The van der Waals surface area contributed by atoms with Gasteiger partial charge in [0.05, 0.1) is 12.2 Å². The van der Waals surface area contributed by atoms with Crippen molar-refractivity contribution in [3.63, 3.8) is 0 Å². The third-order valence-electron chi connectivity index (χ3n) is 2.55. The van der Waals surface area contributed by atoms with Crippen molar-refractivity contribution in [2.75, 3.05) is 19.0 Å². The lowest BCUT2D eigenvalue weighted by Crippen LogP contribution is -2.15. The van der Waals surface area contributed by atoms with Gasteiger partial charge in [-0.2, -0.15) is 4.98 Å². The van der Waals surface area contributed by atoms with Crippen LogP contribution in [-0.4, -0.2) is 23.6 Å². The van der Waals surface area contributed by atoms with Crippen LogP contribution in [0.4, 0.5) is 5.82 Å².